The molecule has 26 heavy (non-hydrogen) atoms. The SMILES string of the molecule is CC=C(c1cncc(CC)c1)C1(C)CCC2C(CCC3OCCC32C)C1. The number of aryl methyl sites for hydroxylation is 1. The lowest BCUT2D eigenvalue weighted by molar-refractivity contribution is -0.0651. The minimum absolute atomic E-state index is 0.284. The van der Waals surface area contributed by atoms with E-state index in [1.807, 2.05) is 6.20 Å². The summed E-state index contributed by atoms with van der Waals surface area (Å²) in [6, 6.07) is 2.36. The van der Waals surface area contributed by atoms with Gasteiger partial charge >= 0.3 is 0 Å². The van der Waals surface area contributed by atoms with Crippen LogP contribution < -0.4 is 0 Å². The minimum atomic E-state index is 0.284. The third kappa shape index (κ3) is 2.85. The monoisotopic (exact) mass is 353 g/mol. The molecular weight excluding hydrogens is 318 g/mol. The Kier molecular flexibility index (Phi) is 4.75. The van der Waals surface area contributed by atoms with E-state index in [2.05, 4.69) is 51.0 Å². The fraction of sp³-hybridized carbons (Fsp3) is 0.708. The third-order valence-corrected chi connectivity index (χ3v) is 8.08. The van der Waals surface area contributed by atoms with Crippen LogP contribution in [0.3, 0.4) is 0 Å². The average molecular weight is 354 g/mol. The lowest BCUT2D eigenvalue weighted by atomic mass is 9.51. The Morgan fingerprint density at radius 2 is 2.08 bits per heavy atom. The molecule has 0 N–H and O–H groups in total. The highest BCUT2D eigenvalue weighted by atomic mass is 16.5. The molecule has 0 radical (unpaired) electrons. The zero-order valence-electron chi connectivity index (χ0n) is 17.1. The lowest BCUT2D eigenvalue weighted by Crippen LogP contribution is -2.48. The molecule has 3 aliphatic rings. The second-order valence-electron chi connectivity index (χ2n) is 9.50. The van der Waals surface area contributed by atoms with Gasteiger partial charge < -0.3 is 4.74 Å². The molecule has 5 atom stereocenters. The Morgan fingerprint density at radius 3 is 2.85 bits per heavy atom. The van der Waals surface area contributed by atoms with Crippen LogP contribution in [0.5, 0.6) is 0 Å². The van der Waals surface area contributed by atoms with Crippen molar-refractivity contribution in [2.24, 2.45) is 22.7 Å². The van der Waals surface area contributed by atoms with Gasteiger partial charge in [-0.05, 0) is 97.3 Å². The number of hydrogen-bond acceptors (Lipinski definition) is 2. The van der Waals surface area contributed by atoms with Crippen LogP contribution in [0.25, 0.3) is 5.57 Å². The molecule has 4 rings (SSSR count). The molecule has 1 aromatic rings. The standard InChI is InChI=1S/C24H35NO/c1-5-17-13-19(16-25-15-17)20(6-2)23(3)10-9-21-18(14-23)7-8-22-24(21,4)11-12-26-22/h6,13,15-16,18,21-22H,5,7-12,14H2,1-4H3. The van der Waals surface area contributed by atoms with Crippen LogP contribution >= 0.6 is 0 Å². The van der Waals surface area contributed by atoms with E-state index in [1.165, 1.54) is 55.2 Å². The lowest BCUT2D eigenvalue weighted by Gasteiger charge is -2.54. The predicted molar refractivity (Wildman–Crippen MR) is 108 cm³/mol. The summed E-state index contributed by atoms with van der Waals surface area (Å²) in [5.41, 5.74) is 4.93. The van der Waals surface area contributed by atoms with E-state index < -0.39 is 0 Å². The van der Waals surface area contributed by atoms with Gasteiger partial charge in [0.1, 0.15) is 0 Å². The minimum Gasteiger partial charge on any atom is -0.378 e. The largest absolute Gasteiger partial charge is 0.378 e. The molecule has 1 aromatic heterocycles. The van der Waals surface area contributed by atoms with Gasteiger partial charge in [0.25, 0.3) is 0 Å². The molecule has 0 amide bonds. The third-order valence-electron chi connectivity index (χ3n) is 8.08. The van der Waals surface area contributed by atoms with Crippen LogP contribution in [-0.2, 0) is 11.2 Å². The topological polar surface area (TPSA) is 22.1 Å². The molecule has 2 saturated carbocycles. The molecule has 1 aliphatic heterocycles. The van der Waals surface area contributed by atoms with Gasteiger partial charge in [-0.2, -0.15) is 0 Å². The van der Waals surface area contributed by atoms with Crippen molar-refractivity contribution < 1.29 is 4.74 Å². The first-order chi connectivity index (χ1) is 12.5. The van der Waals surface area contributed by atoms with Gasteiger partial charge in [0, 0.05) is 19.0 Å². The summed E-state index contributed by atoms with van der Waals surface area (Å²) in [6.07, 6.45) is 15.9. The predicted octanol–water partition coefficient (Wildman–Crippen LogP) is 6.06. The van der Waals surface area contributed by atoms with Crippen LogP contribution in [0.2, 0.25) is 0 Å². The Labute approximate surface area is 159 Å². The Bertz CT molecular complexity index is 695. The first-order valence-electron chi connectivity index (χ1n) is 10.7. The van der Waals surface area contributed by atoms with Crippen molar-refractivity contribution in [1.29, 1.82) is 0 Å². The quantitative estimate of drug-likeness (QED) is 0.659. The maximum Gasteiger partial charge on any atom is 0.0632 e. The number of rotatable bonds is 3. The van der Waals surface area contributed by atoms with Crippen molar-refractivity contribution in [1.82, 2.24) is 4.98 Å². The van der Waals surface area contributed by atoms with E-state index >= 15 is 0 Å². The molecule has 142 valence electrons. The van der Waals surface area contributed by atoms with E-state index in [4.69, 9.17) is 4.74 Å². The second-order valence-corrected chi connectivity index (χ2v) is 9.50. The Morgan fingerprint density at radius 1 is 1.23 bits per heavy atom. The van der Waals surface area contributed by atoms with Crippen LogP contribution in [0, 0.1) is 22.7 Å². The van der Waals surface area contributed by atoms with E-state index in [0.29, 0.717) is 11.5 Å². The van der Waals surface area contributed by atoms with Gasteiger partial charge in [0.05, 0.1) is 6.10 Å². The number of aromatic nitrogens is 1. The summed E-state index contributed by atoms with van der Waals surface area (Å²) in [4.78, 5) is 4.53. The molecule has 2 nitrogen and oxygen atoms in total. The molecule has 2 heteroatoms. The highest BCUT2D eigenvalue weighted by Gasteiger charge is 2.54. The Hall–Kier alpha value is -1.15. The van der Waals surface area contributed by atoms with Crippen LogP contribution in [0.1, 0.15) is 77.3 Å². The summed E-state index contributed by atoms with van der Waals surface area (Å²) in [5, 5.41) is 0. The first kappa shape index (κ1) is 18.2. The molecular formula is C24H35NO. The number of hydrogen-bond donors (Lipinski definition) is 0. The highest BCUT2D eigenvalue weighted by Crippen LogP contribution is 2.61. The highest BCUT2D eigenvalue weighted by molar-refractivity contribution is 5.70. The second kappa shape index (κ2) is 6.78. The van der Waals surface area contributed by atoms with Crippen LogP contribution in [0.15, 0.2) is 24.5 Å². The summed E-state index contributed by atoms with van der Waals surface area (Å²) in [5.74, 6) is 1.71. The summed E-state index contributed by atoms with van der Waals surface area (Å²) in [7, 11) is 0. The first-order valence-corrected chi connectivity index (χ1v) is 10.7. The van der Waals surface area contributed by atoms with Crippen molar-refractivity contribution in [3.8, 4) is 0 Å². The zero-order chi connectivity index (χ0) is 18.4. The number of allylic oxidation sites excluding steroid dienone is 2. The summed E-state index contributed by atoms with van der Waals surface area (Å²) in [6.45, 7) is 10.4. The van der Waals surface area contributed by atoms with Crippen molar-refractivity contribution in [3.63, 3.8) is 0 Å². The summed E-state index contributed by atoms with van der Waals surface area (Å²) >= 11 is 0. The van der Waals surface area contributed by atoms with Crippen molar-refractivity contribution in [2.45, 2.75) is 78.7 Å². The molecule has 2 aliphatic carbocycles. The number of fused-ring (bicyclic) bond motifs is 3. The molecule has 2 heterocycles. The molecule has 3 fully saturated rings. The average Bonchev–Trinajstić information content (AvgIpc) is 3.03. The van der Waals surface area contributed by atoms with Gasteiger partial charge in [-0.3, -0.25) is 4.98 Å². The van der Waals surface area contributed by atoms with E-state index in [-0.39, 0.29) is 5.41 Å². The van der Waals surface area contributed by atoms with Crippen molar-refractivity contribution >= 4 is 5.57 Å². The maximum absolute atomic E-state index is 6.10. The maximum atomic E-state index is 6.10. The Balaban J connectivity index is 1.60. The fourth-order valence-corrected chi connectivity index (χ4v) is 6.62. The summed E-state index contributed by atoms with van der Waals surface area (Å²) < 4.78 is 6.10. The molecule has 5 unspecified atom stereocenters. The van der Waals surface area contributed by atoms with Gasteiger partial charge in [0.2, 0.25) is 0 Å². The molecule has 1 saturated heterocycles. The van der Waals surface area contributed by atoms with E-state index in [9.17, 15) is 0 Å². The fourth-order valence-electron chi connectivity index (χ4n) is 6.62. The zero-order valence-corrected chi connectivity index (χ0v) is 17.1. The smallest absolute Gasteiger partial charge is 0.0632 e. The van der Waals surface area contributed by atoms with Gasteiger partial charge in [-0.15, -0.1) is 0 Å². The number of ether oxygens (including phenoxy) is 1. The van der Waals surface area contributed by atoms with E-state index in [1.54, 1.807) is 0 Å². The number of pyridine rings is 1. The van der Waals surface area contributed by atoms with Crippen LogP contribution in [0.4, 0.5) is 0 Å². The molecule has 0 spiro atoms. The van der Waals surface area contributed by atoms with Gasteiger partial charge in [-0.25, -0.2) is 0 Å². The van der Waals surface area contributed by atoms with Crippen molar-refractivity contribution in [2.75, 3.05) is 6.61 Å². The molecule has 0 bridgehead atoms. The normalized spacial score (nSPS) is 40.2. The van der Waals surface area contributed by atoms with Gasteiger partial charge in [-0.1, -0.05) is 26.8 Å². The number of nitrogens with zero attached hydrogens (tertiary/aromatic N) is 1. The molecule has 0 aromatic carbocycles. The van der Waals surface area contributed by atoms with Crippen LogP contribution in [-0.4, -0.2) is 17.7 Å². The van der Waals surface area contributed by atoms with Gasteiger partial charge in [0.15, 0.2) is 0 Å². The van der Waals surface area contributed by atoms with E-state index in [0.717, 1.165) is 24.9 Å². The van der Waals surface area contributed by atoms with Crippen molar-refractivity contribution in [3.05, 3.63) is 35.7 Å².